The number of carbonyl (C=O) groups excluding carboxylic acids is 2. The summed E-state index contributed by atoms with van der Waals surface area (Å²) in [5.41, 5.74) is 1.22. The maximum atomic E-state index is 12.3. The van der Waals surface area contributed by atoms with E-state index in [0.717, 1.165) is 36.5 Å². The molecule has 0 aliphatic heterocycles. The average Bonchev–Trinajstić information content (AvgIpc) is 3.21. The Labute approximate surface area is 199 Å². The summed E-state index contributed by atoms with van der Waals surface area (Å²) in [4.78, 5) is 24.6. The molecule has 2 N–H and O–H groups in total. The third-order valence-corrected chi connectivity index (χ3v) is 13.1. The number of hydrogen-bond acceptors (Lipinski definition) is 5. The number of carbonyl (C=O) groups is 2. The molecule has 9 heteroatoms. The highest BCUT2D eigenvalue weighted by atomic mass is 28.4. The molecule has 7 nitrogen and oxygen atoms in total. The number of aryl methyl sites for hydroxylation is 4. The van der Waals surface area contributed by atoms with Crippen LogP contribution in [-0.2, 0) is 4.12 Å². The molecule has 0 radical (unpaired) electrons. The second kappa shape index (κ2) is 11.3. The predicted molar refractivity (Wildman–Crippen MR) is 136 cm³/mol. The molecule has 0 unspecified atom stereocenters. The fourth-order valence-electron chi connectivity index (χ4n) is 4.19. The van der Waals surface area contributed by atoms with Crippen molar-refractivity contribution in [2.24, 2.45) is 0 Å². The Balaban J connectivity index is 1.69. The highest BCUT2D eigenvalue weighted by Crippen LogP contribution is 2.23. The summed E-state index contributed by atoms with van der Waals surface area (Å²) >= 11 is 0. The Bertz CT molecular complexity index is 886. The second-order valence-corrected chi connectivity index (χ2v) is 18.8. The Hall–Kier alpha value is -2.11. The molecule has 0 fully saturated rings. The lowest BCUT2D eigenvalue weighted by Gasteiger charge is -2.34. The van der Waals surface area contributed by atoms with Crippen molar-refractivity contribution in [1.29, 1.82) is 0 Å². The van der Waals surface area contributed by atoms with Gasteiger partial charge in [0.2, 0.25) is 0 Å². The van der Waals surface area contributed by atoms with Crippen LogP contribution >= 0.6 is 0 Å². The molecule has 2 aromatic heterocycles. The van der Waals surface area contributed by atoms with E-state index in [0.29, 0.717) is 35.7 Å². The Morgan fingerprint density at radius 2 is 1.12 bits per heavy atom. The molecule has 33 heavy (non-hydrogen) atoms. The van der Waals surface area contributed by atoms with Crippen LogP contribution in [0.5, 0.6) is 0 Å². The SMILES string of the molecule is Cc1cc(C(=O)NCCC[Si](C)(C)O[Si](C)(C)CCCNC(=O)c2cc(C)oc2C)c(C)o1. The van der Waals surface area contributed by atoms with E-state index in [-0.39, 0.29) is 11.8 Å². The molecule has 0 atom stereocenters. The highest BCUT2D eigenvalue weighted by molar-refractivity contribution is 6.84. The molecule has 0 bridgehead atoms. The van der Waals surface area contributed by atoms with Gasteiger partial charge in [-0.25, -0.2) is 0 Å². The second-order valence-electron chi connectivity index (χ2n) is 9.99. The fraction of sp³-hybridized carbons (Fsp3) is 0.583. The zero-order chi connectivity index (χ0) is 24.8. The van der Waals surface area contributed by atoms with Crippen LogP contribution in [-0.4, -0.2) is 41.5 Å². The molecule has 0 aromatic carbocycles. The van der Waals surface area contributed by atoms with Gasteiger partial charge in [0, 0.05) is 13.1 Å². The van der Waals surface area contributed by atoms with E-state index < -0.39 is 16.6 Å². The Morgan fingerprint density at radius 3 is 1.42 bits per heavy atom. The van der Waals surface area contributed by atoms with Gasteiger partial charge in [0.1, 0.15) is 23.0 Å². The molecule has 0 spiro atoms. The molecular formula is C24H40N2O5Si2. The molecular weight excluding hydrogens is 452 g/mol. The van der Waals surface area contributed by atoms with Crippen molar-refractivity contribution in [3.63, 3.8) is 0 Å². The van der Waals surface area contributed by atoms with Crippen LogP contribution in [0.2, 0.25) is 38.3 Å². The van der Waals surface area contributed by atoms with Crippen LogP contribution in [0, 0.1) is 27.7 Å². The molecule has 0 aliphatic carbocycles. The Kier molecular flexibility index (Phi) is 9.33. The summed E-state index contributed by atoms with van der Waals surface area (Å²) < 4.78 is 17.5. The first-order valence-corrected chi connectivity index (χ1v) is 17.9. The topological polar surface area (TPSA) is 93.7 Å². The fourth-order valence-corrected chi connectivity index (χ4v) is 13.0. The van der Waals surface area contributed by atoms with Crippen molar-refractivity contribution in [2.75, 3.05) is 13.1 Å². The molecule has 2 aromatic rings. The van der Waals surface area contributed by atoms with E-state index in [1.165, 1.54) is 0 Å². The lowest BCUT2D eigenvalue weighted by atomic mass is 10.2. The van der Waals surface area contributed by atoms with E-state index >= 15 is 0 Å². The molecule has 2 rings (SSSR count). The number of amides is 2. The molecule has 0 saturated heterocycles. The minimum Gasteiger partial charge on any atom is -0.466 e. The van der Waals surface area contributed by atoms with Crippen LogP contribution in [0.1, 0.15) is 56.6 Å². The van der Waals surface area contributed by atoms with Crippen molar-refractivity contribution >= 4 is 28.4 Å². The molecule has 0 aliphatic rings. The van der Waals surface area contributed by atoms with Crippen molar-refractivity contribution < 1.29 is 22.5 Å². The first-order valence-electron chi connectivity index (χ1n) is 11.7. The molecule has 0 saturated carbocycles. The summed E-state index contributed by atoms with van der Waals surface area (Å²) in [6, 6.07) is 5.53. The van der Waals surface area contributed by atoms with Gasteiger partial charge in [-0.15, -0.1) is 0 Å². The minimum absolute atomic E-state index is 0.0812. The lowest BCUT2D eigenvalue weighted by molar-refractivity contribution is 0.0943. The van der Waals surface area contributed by atoms with Crippen LogP contribution in [0.25, 0.3) is 0 Å². The third kappa shape index (κ3) is 8.64. The third-order valence-electron chi connectivity index (χ3n) is 5.61. The van der Waals surface area contributed by atoms with E-state index in [2.05, 4.69) is 36.8 Å². The minimum atomic E-state index is -1.84. The normalized spacial score (nSPS) is 12.1. The quantitative estimate of drug-likeness (QED) is 0.302. The van der Waals surface area contributed by atoms with Crippen LogP contribution in [0.15, 0.2) is 21.0 Å². The van der Waals surface area contributed by atoms with Gasteiger partial charge in [0.05, 0.1) is 11.1 Å². The maximum absolute atomic E-state index is 12.3. The van der Waals surface area contributed by atoms with E-state index in [9.17, 15) is 9.59 Å². The van der Waals surface area contributed by atoms with Gasteiger partial charge >= 0.3 is 0 Å². The average molecular weight is 493 g/mol. The predicted octanol–water partition coefficient (Wildman–Crippen LogP) is 5.47. The number of hydrogen-bond donors (Lipinski definition) is 2. The van der Waals surface area contributed by atoms with Gasteiger partial charge in [-0.3, -0.25) is 9.59 Å². The summed E-state index contributed by atoms with van der Waals surface area (Å²) in [6.07, 6.45) is 1.79. The highest BCUT2D eigenvalue weighted by Gasteiger charge is 2.32. The van der Waals surface area contributed by atoms with Gasteiger partial charge < -0.3 is 23.6 Å². The van der Waals surface area contributed by atoms with Crippen LogP contribution in [0.3, 0.4) is 0 Å². The first kappa shape index (κ1) is 27.1. The van der Waals surface area contributed by atoms with Gasteiger partial charge in [0.25, 0.3) is 11.8 Å². The standard InChI is InChI=1S/C24H40N2O5Si2/c1-17-15-21(19(3)29-17)23(27)25-11-9-13-32(5,6)31-33(7,8)14-10-12-26-24(28)22-16-18(2)30-20(22)4/h15-16H,9-14H2,1-8H3,(H,25,27)(H,26,28). The molecule has 2 amide bonds. The van der Waals surface area contributed by atoms with E-state index in [1.807, 2.05) is 27.7 Å². The molecule has 184 valence electrons. The number of rotatable bonds is 12. The van der Waals surface area contributed by atoms with Crippen molar-refractivity contribution in [1.82, 2.24) is 10.6 Å². The Morgan fingerprint density at radius 1 is 0.758 bits per heavy atom. The zero-order valence-corrected chi connectivity index (χ0v) is 23.4. The molecule has 2 heterocycles. The van der Waals surface area contributed by atoms with Crippen LogP contribution in [0.4, 0.5) is 0 Å². The largest absolute Gasteiger partial charge is 0.466 e. The van der Waals surface area contributed by atoms with Gasteiger partial charge in [-0.1, -0.05) is 0 Å². The van der Waals surface area contributed by atoms with E-state index in [1.54, 1.807) is 12.1 Å². The maximum Gasteiger partial charge on any atom is 0.254 e. The van der Waals surface area contributed by atoms with Gasteiger partial charge in [0.15, 0.2) is 16.6 Å². The number of nitrogens with one attached hydrogen (secondary N) is 2. The monoisotopic (exact) mass is 492 g/mol. The smallest absolute Gasteiger partial charge is 0.254 e. The van der Waals surface area contributed by atoms with E-state index in [4.69, 9.17) is 12.9 Å². The van der Waals surface area contributed by atoms with Gasteiger partial charge in [-0.05, 0) is 90.9 Å². The van der Waals surface area contributed by atoms with Crippen molar-refractivity contribution in [3.05, 3.63) is 46.3 Å². The van der Waals surface area contributed by atoms with Gasteiger partial charge in [-0.2, -0.15) is 0 Å². The summed E-state index contributed by atoms with van der Waals surface area (Å²) in [7, 11) is -3.69. The summed E-state index contributed by atoms with van der Waals surface area (Å²) in [5, 5.41) is 5.98. The zero-order valence-electron chi connectivity index (χ0n) is 21.4. The summed E-state index contributed by atoms with van der Waals surface area (Å²) in [5.74, 6) is 2.64. The van der Waals surface area contributed by atoms with Crippen molar-refractivity contribution in [3.8, 4) is 0 Å². The summed E-state index contributed by atoms with van der Waals surface area (Å²) in [6.45, 7) is 17.6. The number of furan rings is 2. The van der Waals surface area contributed by atoms with Crippen molar-refractivity contribution in [2.45, 2.75) is 78.8 Å². The van der Waals surface area contributed by atoms with Crippen LogP contribution < -0.4 is 10.6 Å². The lowest BCUT2D eigenvalue weighted by Crippen LogP contribution is -2.45. The first-order chi connectivity index (χ1) is 15.3.